The van der Waals surface area contributed by atoms with Gasteiger partial charge in [-0.05, 0) is 67.8 Å². The Labute approximate surface area is 223 Å². The average Bonchev–Trinajstić information content (AvgIpc) is 3.37. The first-order valence-electron chi connectivity index (χ1n) is 12.8. The minimum Gasteiger partial charge on any atom is -0.497 e. The second-order valence-corrected chi connectivity index (χ2v) is 10.4. The van der Waals surface area contributed by atoms with Crippen molar-refractivity contribution in [1.82, 2.24) is 20.2 Å². The molecule has 1 aliphatic carbocycles. The van der Waals surface area contributed by atoms with Crippen LogP contribution in [0.2, 0.25) is 0 Å². The van der Waals surface area contributed by atoms with E-state index in [1.54, 1.807) is 13.4 Å². The Morgan fingerprint density at radius 1 is 1.16 bits per heavy atom. The van der Waals surface area contributed by atoms with Crippen LogP contribution in [0.4, 0.5) is 10.6 Å². The number of amides is 2. The van der Waals surface area contributed by atoms with Gasteiger partial charge in [0, 0.05) is 31.6 Å². The van der Waals surface area contributed by atoms with Crippen molar-refractivity contribution in [2.45, 2.75) is 38.8 Å². The van der Waals surface area contributed by atoms with Gasteiger partial charge in [-0.2, -0.15) is 5.26 Å². The van der Waals surface area contributed by atoms with E-state index < -0.39 is 5.54 Å². The van der Waals surface area contributed by atoms with Crippen molar-refractivity contribution in [1.29, 1.82) is 5.26 Å². The summed E-state index contributed by atoms with van der Waals surface area (Å²) in [6, 6.07) is 17.4. The fourth-order valence-corrected chi connectivity index (χ4v) is 5.28. The van der Waals surface area contributed by atoms with Crippen molar-refractivity contribution in [3.8, 4) is 11.8 Å². The van der Waals surface area contributed by atoms with Crippen LogP contribution >= 0.6 is 0 Å². The third kappa shape index (κ3) is 4.92. The molecule has 3 aromatic rings. The molecule has 1 N–H and O–H groups in total. The summed E-state index contributed by atoms with van der Waals surface area (Å²) < 4.78 is 5.33. The van der Waals surface area contributed by atoms with Crippen molar-refractivity contribution < 1.29 is 9.53 Å². The van der Waals surface area contributed by atoms with Crippen LogP contribution in [0.25, 0.3) is 11.6 Å². The molecule has 194 valence electrons. The third-order valence-electron chi connectivity index (χ3n) is 7.39. The number of methoxy groups -OCH3 is 1. The number of allylic oxidation sites excluding steroid dienone is 1. The number of benzene rings is 2. The van der Waals surface area contributed by atoms with Crippen molar-refractivity contribution >= 4 is 23.5 Å². The molecule has 0 unspecified atom stereocenters. The topological polar surface area (TPSA) is 94.4 Å². The predicted octanol–water partition coefficient (Wildman–Crippen LogP) is 4.82. The van der Waals surface area contributed by atoms with Gasteiger partial charge < -0.3 is 19.9 Å². The van der Waals surface area contributed by atoms with Crippen LogP contribution < -0.4 is 15.0 Å². The maximum absolute atomic E-state index is 13.3. The summed E-state index contributed by atoms with van der Waals surface area (Å²) in [5.41, 5.74) is 5.51. The fourth-order valence-electron chi connectivity index (χ4n) is 5.28. The molecule has 0 bridgehead atoms. The first-order valence-corrected chi connectivity index (χ1v) is 12.8. The van der Waals surface area contributed by atoms with Crippen molar-refractivity contribution in [3.05, 3.63) is 82.8 Å². The number of rotatable bonds is 5. The summed E-state index contributed by atoms with van der Waals surface area (Å²) in [6.07, 6.45) is 4.52. The number of piperazine rings is 1. The lowest BCUT2D eigenvalue weighted by atomic mass is 9.98. The molecule has 1 atom stereocenters. The van der Waals surface area contributed by atoms with Gasteiger partial charge in [0.25, 0.3) is 0 Å². The number of anilines is 1. The number of fused-ring (bicyclic) bond motifs is 1. The zero-order chi connectivity index (χ0) is 26.9. The molecule has 0 radical (unpaired) electrons. The van der Waals surface area contributed by atoms with Crippen molar-refractivity contribution in [2.75, 3.05) is 31.6 Å². The molecule has 0 spiro atoms. The fraction of sp³-hybridized carbons (Fsp3) is 0.333. The Morgan fingerprint density at radius 2 is 1.95 bits per heavy atom. The van der Waals surface area contributed by atoms with Crippen LogP contribution in [0.3, 0.4) is 0 Å². The lowest BCUT2D eigenvalue weighted by Crippen LogP contribution is -2.63. The van der Waals surface area contributed by atoms with Crippen molar-refractivity contribution in [3.63, 3.8) is 0 Å². The van der Waals surface area contributed by atoms with Gasteiger partial charge in [0.1, 0.15) is 17.9 Å². The summed E-state index contributed by atoms with van der Waals surface area (Å²) in [5.74, 6) is 1.67. The predicted molar refractivity (Wildman–Crippen MR) is 148 cm³/mol. The van der Waals surface area contributed by atoms with Crippen LogP contribution in [0.15, 0.2) is 54.9 Å². The highest BCUT2D eigenvalue weighted by atomic mass is 16.5. The molecule has 5 rings (SSSR count). The van der Waals surface area contributed by atoms with Crippen LogP contribution in [0.5, 0.6) is 5.75 Å². The Hall–Kier alpha value is -4.38. The van der Waals surface area contributed by atoms with Crippen LogP contribution in [-0.2, 0) is 6.42 Å². The smallest absolute Gasteiger partial charge is 0.318 e. The standard InChI is InChI=1S/C30H32N6O2/c1-20(23-6-5-7-25(14-23)38-4)34-29(37)36-13-12-35(18-30(36,2)3)28-26-15-24(16-27(26)32-19-33-28)22-10-8-21(17-31)9-11-22/h5-11,14-15,19-20H,12-13,16,18H2,1-4H3,(H,34,37)/t20-/m0/s1. The maximum atomic E-state index is 13.3. The second kappa shape index (κ2) is 10.2. The Morgan fingerprint density at radius 3 is 2.66 bits per heavy atom. The molecule has 1 aliphatic heterocycles. The third-order valence-corrected chi connectivity index (χ3v) is 7.39. The molecule has 8 nitrogen and oxygen atoms in total. The van der Waals surface area contributed by atoms with E-state index >= 15 is 0 Å². The highest BCUT2D eigenvalue weighted by molar-refractivity contribution is 5.91. The molecule has 2 amide bonds. The van der Waals surface area contributed by atoms with E-state index in [9.17, 15) is 4.79 Å². The number of aromatic nitrogens is 2. The van der Waals surface area contributed by atoms with Gasteiger partial charge in [-0.15, -0.1) is 0 Å². The van der Waals surface area contributed by atoms with Gasteiger partial charge in [0.05, 0.1) is 36.0 Å². The van der Waals surface area contributed by atoms with Crippen LogP contribution in [0.1, 0.15) is 54.8 Å². The molecule has 38 heavy (non-hydrogen) atoms. The zero-order valence-electron chi connectivity index (χ0n) is 22.2. The minimum atomic E-state index is -0.410. The number of ether oxygens (including phenoxy) is 1. The molecule has 1 aromatic heterocycles. The van der Waals surface area contributed by atoms with E-state index in [4.69, 9.17) is 10.00 Å². The quantitative estimate of drug-likeness (QED) is 0.531. The van der Waals surface area contributed by atoms with Gasteiger partial charge in [-0.3, -0.25) is 0 Å². The average molecular weight is 509 g/mol. The highest BCUT2D eigenvalue weighted by Crippen LogP contribution is 2.36. The Kier molecular flexibility index (Phi) is 6.77. The van der Waals surface area contributed by atoms with Gasteiger partial charge >= 0.3 is 6.03 Å². The van der Waals surface area contributed by atoms with E-state index in [2.05, 4.69) is 46.2 Å². The molecule has 0 saturated carbocycles. The van der Waals surface area contributed by atoms with E-state index in [1.807, 2.05) is 60.4 Å². The van der Waals surface area contributed by atoms with Crippen LogP contribution in [0, 0.1) is 11.3 Å². The first kappa shape index (κ1) is 25.3. The number of hydrogen-bond acceptors (Lipinski definition) is 6. The lowest BCUT2D eigenvalue weighted by molar-refractivity contribution is 0.121. The minimum absolute atomic E-state index is 0.0825. The van der Waals surface area contributed by atoms with E-state index in [0.29, 0.717) is 25.2 Å². The second-order valence-electron chi connectivity index (χ2n) is 10.4. The van der Waals surface area contributed by atoms with Gasteiger partial charge in [-0.1, -0.05) is 24.3 Å². The summed E-state index contributed by atoms with van der Waals surface area (Å²) >= 11 is 0. The molecular formula is C30H32N6O2. The molecule has 2 heterocycles. The number of nitrogens with one attached hydrogen (secondary N) is 1. The number of nitriles is 1. The molecule has 1 saturated heterocycles. The molecular weight excluding hydrogens is 476 g/mol. The van der Waals surface area contributed by atoms with Gasteiger partial charge in [0.2, 0.25) is 0 Å². The molecule has 1 fully saturated rings. The lowest BCUT2D eigenvalue weighted by Gasteiger charge is -2.47. The van der Waals surface area contributed by atoms with Crippen molar-refractivity contribution in [2.24, 2.45) is 0 Å². The highest BCUT2D eigenvalue weighted by Gasteiger charge is 2.38. The largest absolute Gasteiger partial charge is 0.497 e. The summed E-state index contributed by atoms with van der Waals surface area (Å²) in [5, 5.41) is 12.3. The number of nitrogens with zero attached hydrogens (tertiary/aromatic N) is 5. The monoisotopic (exact) mass is 508 g/mol. The van der Waals surface area contributed by atoms with E-state index in [1.165, 1.54) is 0 Å². The molecule has 8 heteroatoms. The molecule has 2 aromatic carbocycles. The van der Waals surface area contributed by atoms with E-state index in [-0.39, 0.29) is 12.1 Å². The van der Waals surface area contributed by atoms with E-state index in [0.717, 1.165) is 45.9 Å². The van der Waals surface area contributed by atoms with Gasteiger partial charge in [0.15, 0.2) is 0 Å². The number of carbonyl (C=O) groups excluding carboxylic acids is 1. The summed E-state index contributed by atoms with van der Waals surface area (Å²) in [6.45, 7) is 8.07. The Balaban J connectivity index is 1.31. The zero-order valence-corrected chi connectivity index (χ0v) is 22.2. The number of urea groups is 1. The van der Waals surface area contributed by atoms with Gasteiger partial charge in [-0.25, -0.2) is 14.8 Å². The number of carbonyl (C=O) groups is 1. The SMILES string of the molecule is COc1cccc([C@H](C)NC(=O)N2CCN(c3ncnc4c3C=C(c3ccc(C#N)cc3)C4)CC2(C)C)c1. The Bertz CT molecular complexity index is 1420. The summed E-state index contributed by atoms with van der Waals surface area (Å²) in [7, 11) is 1.64. The normalized spacial score (nSPS) is 16.8. The molecule has 2 aliphatic rings. The maximum Gasteiger partial charge on any atom is 0.318 e. The first-order chi connectivity index (χ1) is 18.3. The summed E-state index contributed by atoms with van der Waals surface area (Å²) in [4.78, 5) is 26.7. The van der Waals surface area contributed by atoms with Crippen LogP contribution in [-0.4, -0.2) is 53.2 Å². The number of hydrogen-bond donors (Lipinski definition) is 1.